The van der Waals surface area contributed by atoms with E-state index in [1.54, 1.807) is 6.92 Å². The summed E-state index contributed by atoms with van der Waals surface area (Å²) in [6.45, 7) is 6.01. The van der Waals surface area contributed by atoms with Crippen LogP contribution in [0.3, 0.4) is 0 Å². The van der Waals surface area contributed by atoms with E-state index in [1.807, 2.05) is 6.92 Å². The van der Waals surface area contributed by atoms with Gasteiger partial charge in [0.05, 0.1) is 23.4 Å². The van der Waals surface area contributed by atoms with Crippen molar-refractivity contribution in [3.05, 3.63) is 0 Å². The molecule has 20 heavy (non-hydrogen) atoms. The summed E-state index contributed by atoms with van der Waals surface area (Å²) in [5, 5.41) is 11.1. The molecule has 0 aromatic rings. The largest absolute Gasteiger partial charge is 0.464 e. The fraction of sp³-hybridized carbons (Fsp3) is 0.867. The molecular weight excluding hydrogens is 260 g/mol. The molecule has 4 fully saturated rings. The van der Waals surface area contributed by atoms with Crippen molar-refractivity contribution in [2.45, 2.75) is 51.7 Å². The van der Waals surface area contributed by atoms with E-state index in [-0.39, 0.29) is 30.9 Å². The van der Waals surface area contributed by atoms with E-state index in [1.165, 1.54) is 0 Å². The zero-order chi connectivity index (χ0) is 14.6. The molecule has 2 aliphatic heterocycles. The minimum absolute atomic E-state index is 0.163. The molecule has 2 saturated carbocycles. The Balaban J connectivity index is 2.03. The van der Waals surface area contributed by atoms with Crippen LogP contribution in [0.2, 0.25) is 0 Å². The predicted octanol–water partition coefficient (Wildman–Crippen LogP) is 1.03. The molecule has 5 heteroatoms. The summed E-state index contributed by atoms with van der Waals surface area (Å²) in [7, 11) is 0. The Bertz CT molecular complexity index is 544. The van der Waals surface area contributed by atoms with E-state index in [9.17, 15) is 14.7 Å². The van der Waals surface area contributed by atoms with E-state index in [0.29, 0.717) is 6.42 Å². The topological polar surface area (TPSA) is 72.8 Å². The summed E-state index contributed by atoms with van der Waals surface area (Å²) in [4.78, 5) is 24.3. The number of fused-ring (bicyclic) bond motifs is 1. The SMILES string of the molecule is C[C@@H]1CCC23OC(=O)CC12[C@@H](O)C1(C)C(=O)OCC13C. The van der Waals surface area contributed by atoms with Gasteiger partial charge in [-0.15, -0.1) is 0 Å². The zero-order valence-electron chi connectivity index (χ0n) is 12.1. The molecule has 5 nitrogen and oxygen atoms in total. The average Bonchev–Trinajstić information content (AvgIpc) is 2.97. The number of aliphatic hydroxyl groups excluding tert-OH is 1. The summed E-state index contributed by atoms with van der Waals surface area (Å²) in [6.07, 6.45) is 0.941. The first-order valence-electron chi connectivity index (χ1n) is 7.33. The highest BCUT2D eigenvalue weighted by Gasteiger charge is 2.89. The van der Waals surface area contributed by atoms with Crippen LogP contribution in [0.4, 0.5) is 0 Å². The van der Waals surface area contributed by atoms with Gasteiger partial charge in [-0.2, -0.15) is 0 Å². The number of rotatable bonds is 0. The Labute approximate surface area is 117 Å². The van der Waals surface area contributed by atoms with Crippen molar-refractivity contribution in [2.75, 3.05) is 6.61 Å². The molecule has 2 saturated heterocycles. The lowest BCUT2D eigenvalue weighted by molar-refractivity contribution is -0.166. The van der Waals surface area contributed by atoms with Crippen LogP contribution in [0.1, 0.15) is 40.0 Å². The Kier molecular flexibility index (Phi) is 1.93. The van der Waals surface area contributed by atoms with E-state index < -0.39 is 27.9 Å². The van der Waals surface area contributed by atoms with Crippen molar-refractivity contribution in [3.8, 4) is 0 Å². The minimum Gasteiger partial charge on any atom is -0.464 e. The van der Waals surface area contributed by atoms with E-state index in [4.69, 9.17) is 9.47 Å². The number of hydrogen-bond acceptors (Lipinski definition) is 5. The molecule has 0 aromatic carbocycles. The lowest BCUT2D eigenvalue weighted by Gasteiger charge is -2.43. The molecule has 2 aliphatic carbocycles. The maximum Gasteiger partial charge on any atom is 0.315 e. The quantitative estimate of drug-likeness (QED) is 0.671. The predicted molar refractivity (Wildman–Crippen MR) is 67.5 cm³/mol. The van der Waals surface area contributed by atoms with Gasteiger partial charge in [0.1, 0.15) is 17.6 Å². The van der Waals surface area contributed by atoms with E-state index in [2.05, 4.69) is 6.92 Å². The van der Waals surface area contributed by atoms with Crippen LogP contribution in [0, 0.1) is 22.2 Å². The van der Waals surface area contributed by atoms with Gasteiger partial charge in [0.2, 0.25) is 0 Å². The molecule has 4 rings (SSSR count). The molecule has 0 spiro atoms. The highest BCUT2D eigenvalue weighted by atomic mass is 16.6. The molecule has 1 N–H and O–H groups in total. The summed E-state index contributed by atoms with van der Waals surface area (Å²) < 4.78 is 11.1. The second-order valence-electron chi connectivity index (χ2n) is 7.47. The van der Waals surface area contributed by atoms with Crippen molar-refractivity contribution >= 4 is 11.9 Å². The molecule has 0 bridgehead atoms. The smallest absolute Gasteiger partial charge is 0.315 e. The fourth-order valence-electron chi connectivity index (χ4n) is 5.93. The molecule has 2 heterocycles. The third-order valence-corrected chi connectivity index (χ3v) is 7.27. The first-order chi connectivity index (χ1) is 9.26. The molecule has 6 atom stereocenters. The van der Waals surface area contributed by atoms with Crippen LogP contribution < -0.4 is 0 Å². The van der Waals surface area contributed by atoms with Gasteiger partial charge in [-0.05, 0) is 25.7 Å². The van der Waals surface area contributed by atoms with Gasteiger partial charge in [-0.1, -0.05) is 13.8 Å². The van der Waals surface area contributed by atoms with Crippen LogP contribution >= 0.6 is 0 Å². The van der Waals surface area contributed by atoms with Crippen molar-refractivity contribution in [2.24, 2.45) is 22.2 Å². The molecule has 0 aromatic heterocycles. The summed E-state index contributed by atoms with van der Waals surface area (Å²) in [5.74, 6) is -0.444. The first-order valence-corrected chi connectivity index (χ1v) is 7.33. The van der Waals surface area contributed by atoms with Gasteiger partial charge < -0.3 is 14.6 Å². The molecular formula is C15H20O5. The second kappa shape index (κ2) is 3.06. The van der Waals surface area contributed by atoms with E-state index >= 15 is 0 Å². The van der Waals surface area contributed by atoms with Gasteiger partial charge in [0, 0.05) is 0 Å². The highest BCUT2D eigenvalue weighted by molar-refractivity contribution is 5.85. The third kappa shape index (κ3) is 0.826. The fourth-order valence-corrected chi connectivity index (χ4v) is 5.93. The Hall–Kier alpha value is -1.10. The molecule has 0 amide bonds. The summed E-state index contributed by atoms with van der Waals surface area (Å²) >= 11 is 0. The zero-order valence-corrected chi connectivity index (χ0v) is 12.1. The molecule has 110 valence electrons. The molecule has 4 aliphatic rings. The van der Waals surface area contributed by atoms with Crippen LogP contribution in [0.5, 0.6) is 0 Å². The number of aliphatic hydroxyl groups is 1. The summed E-state index contributed by atoms with van der Waals surface area (Å²) in [6, 6.07) is 0. The third-order valence-electron chi connectivity index (χ3n) is 7.27. The van der Waals surface area contributed by atoms with Crippen molar-refractivity contribution in [3.63, 3.8) is 0 Å². The number of carbonyl (C=O) groups is 2. The number of carbonyl (C=O) groups excluding carboxylic acids is 2. The standard InChI is InChI=1S/C15H20O5/c1-8-4-5-15-12(2)7-19-11(18)13(12,3)10(17)14(8,15)6-9(16)20-15/h8,10,17H,4-7H2,1-3H3/t8-,10+,12?,13?,14?,15?/m1/s1. The monoisotopic (exact) mass is 280 g/mol. The molecule has 0 radical (unpaired) electrons. The lowest BCUT2D eigenvalue weighted by Crippen LogP contribution is -2.52. The van der Waals surface area contributed by atoms with Crippen LogP contribution in [0.15, 0.2) is 0 Å². The minimum atomic E-state index is -0.984. The average molecular weight is 280 g/mol. The normalized spacial score (nSPS) is 60.0. The number of ether oxygens (including phenoxy) is 2. The Morgan fingerprint density at radius 3 is 2.70 bits per heavy atom. The second-order valence-corrected chi connectivity index (χ2v) is 7.47. The van der Waals surface area contributed by atoms with Crippen LogP contribution in [0.25, 0.3) is 0 Å². The lowest BCUT2D eigenvalue weighted by atomic mass is 9.62. The van der Waals surface area contributed by atoms with Crippen LogP contribution in [-0.4, -0.2) is 35.4 Å². The van der Waals surface area contributed by atoms with Crippen molar-refractivity contribution in [1.29, 1.82) is 0 Å². The Morgan fingerprint density at radius 1 is 1.30 bits per heavy atom. The number of hydrogen-bond donors (Lipinski definition) is 1. The van der Waals surface area contributed by atoms with Crippen molar-refractivity contribution in [1.82, 2.24) is 0 Å². The van der Waals surface area contributed by atoms with E-state index in [0.717, 1.165) is 6.42 Å². The Morgan fingerprint density at radius 2 is 2.00 bits per heavy atom. The summed E-state index contributed by atoms with van der Waals surface area (Å²) in [5.41, 5.74) is -3.01. The maximum absolute atomic E-state index is 12.3. The van der Waals surface area contributed by atoms with Gasteiger partial charge >= 0.3 is 11.9 Å². The maximum atomic E-state index is 12.3. The first kappa shape index (κ1) is 12.6. The van der Waals surface area contributed by atoms with Crippen LogP contribution in [-0.2, 0) is 19.1 Å². The highest BCUT2D eigenvalue weighted by Crippen LogP contribution is 2.79. The number of cyclic esters (lactones) is 1. The van der Waals surface area contributed by atoms with Gasteiger partial charge in [0.25, 0.3) is 0 Å². The van der Waals surface area contributed by atoms with Gasteiger partial charge in [0.15, 0.2) is 0 Å². The number of esters is 2. The molecule has 4 unspecified atom stereocenters. The van der Waals surface area contributed by atoms with Gasteiger partial charge in [-0.3, -0.25) is 9.59 Å². The van der Waals surface area contributed by atoms with Gasteiger partial charge in [-0.25, -0.2) is 0 Å². The van der Waals surface area contributed by atoms with Crippen molar-refractivity contribution < 1.29 is 24.2 Å².